The van der Waals surface area contributed by atoms with Crippen LogP contribution in [-0.2, 0) is 10.5 Å². The number of aliphatic hydroxyl groups excluding tert-OH is 1. The zero-order valence-corrected chi connectivity index (χ0v) is 10.5. The van der Waals surface area contributed by atoms with E-state index in [0.717, 1.165) is 23.0 Å². The monoisotopic (exact) mass is 252 g/mol. The van der Waals surface area contributed by atoms with E-state index in [1.807, 2.05) is 31.2 Å². The third kappa shape index (κ3) is 5.56. The van der Waals surface area contributed by atoms with E-state index >= 15 is 0 Å². The van der Waals surface area contributed by atoms with Gasteiger partial charge in [-0.05, 0) is 17.2 Å². The summed E-state index contributed by atoms with van der Waals surface area (Å²) >= 11 is 1.67. The van der Waals surface area contributed by atoms with Crippen LogP contribution in [0, 0.1) is 0 Å². The van der Waals surface area contributed by atoms with E-state index in [-0.39, 0.29) is 11.9 Å². The molecule has 0 aliphatic heterocycles. The van der Waals surface area contributed by atoms with E-state index in [1.165, 1.54) is 0 Å². The Bertz CT molecular complexity index is 401. The van der Waals surface area contributed by atoms with Gasteiger partial charge in [0.2, 0.25) is 0 Å². The molecule has 1 aromatic rings. The van der Waals surface area contributed by atoms with Gasteiger partial charge in [-0.3, -0.25) is 0 Å². The van der Waals surface area contributed by atoms with Gasteiger partial charge in [0.05, 0.1) is 6.61 Å². The smallest absolute Gasteiger partial charge is 0.328 e. The van der Waals surface area contributed by atoms with E-state index in [4.69, 9.17) is 10.2 Å². The SMILES string of the molecule is CC(CO)SCc1cccc(/C=C/C(=O)O)c1. The molecule has 0 saturated carbocycles. The van der Waals surface area contributed by atoms with Crippen LogP contribution >= 0.6 is 11.8 Å². The summed E-state index contributed by atoms with van der Waals surface area (Å²) in [6, 6.07) is 7.72. The number of rotatable bonds is 6. The number of carboxylic acid groups (broad SMARTS) is 1. The van der Waals surface area contributed by atoms with Crippen molar-refractivity contribution in [2.24, 2.45) is 0 Å². The van der Waals surface area contributed by atoms with Crippen molar-refractivity contribution in [2.45, 2.75) is 17.9 Å². The summed E-state index contributed by atoms with van der Waals surface area (Å²) < 4.78 is 0. The van der Waals surface area contributed by atoms with Crippen molar-refractivity contribution in [1.82, 2.24) is 0 Å². The van der Waals surface area contributed by atoms with Gasteiger partial charge in [-0.1, -0.05) is 31.2 Å². The largest absolute Gasteiger partial charge is 0.478 e. The molecule has 92 valence electrons. The average Bonchev–Trinajstić information content (AvgIpc) is 2.34. The van der Waals surface area contributed by atoms with Crippen LogP contribution in [0.25, 0.3) is 6.08 Å². The molecule has 0 aromatic heterocycles. The predicted octanol–water partition coefficient (Wildman–Crippen LogP) is 2.40. The topological polar surface area (TPSA) is 57.5 Å². The number of carbonyl (C=O) groups is 1. The normalized spacial score (nSPS) is 12.8. The summed E-state index contributed by atoms with van der Waals surface area (Å²) in [6.45, 7) is 2.14. The van der Waals surface area contributed by atoms with Crippen molar-refractivity contribution >= 4 is 23.8 Å². The zero-order chi connectivity index (χ0) is 12.7. The molecular formula is C13H16O3S. The number of thioether (sulfide) groups is 1. The van der Waals surface area contributed by atoms with Crippen molar-refractivity contribution in [3.05, 3.63) is 41.5 Å². The summed E-state index contributed by atoms with van der Waals surface area (Å²) in [7, 11) is 0. The standard InChI is InChI=1S/C13H16O3S/c1-10(8-14)17-9-12-4-2-3-11(7-12)5-6-13(15)16/h2-7,10,14H,8-9H2,1H3,(H,15,16)/b6-5+. The molecule has 0 bridgehead atoms. The number of aliphatic hydroxyl groups is 1. The van der Waals surface area contributed by atoms with Crippen LogP contribution in [0.1, 0.15) is 18.1 Å². The minimum absolute atomic E-state index is 0.170. The van der Waals surface area contributed by atoms with Gasteiger partial charge in [-0.25, -0.2) is 4.79 Å². The quantitative estimate of drug-likeness (QED) is 0.763. The summed E-state index contributed by atoms with van der Waals surface area (Å²) in [4.78, 5) is 10.4. The fourth-order valence-electron chi connectivity index (χ4n) is 1.25. The maximum Gasteiger partial charge on any atom is 0.328 e. The number of benzene rings is 1. The molecule has 0 aliphatic carbocycles. The summed E-state index contributed by atoms with van der Waals surface area (Å²) in [5, 5.41) is 17.7. The molecule has 0 radical (unpaired) electrons. The lowest BCUT2D eigenvalue weighted by Gasteiger charge is -2.07. The van der Waals surface area contributed by atoms with Crippen LogP contribution in [0.5, 0.6) is 0 Å². The molecule has 0 aliphatic rings. The molecular weight excluding hydrogens is 236 g/mol. The lowest BCUT2D eigenvalue weighted by Crippen LogP contribution is -2.02. The Labute approximate surface area is 105 Å². The Kier molecular flexibility index (Phi) is 5.80. The van der Waals surface area contributed by atoms with Crippen molar-refractivity contribution < 1.29 is 15.0 Å². The first-order valence-electron chi connectivity index (χ1n) is 5.34. The second kappa shape index (κ2) is 7.14. The summed E-state index contributed by atoms with van der Waals surface area (Å²) in [6.07, 6.45) is 2.70. The zero-order valence-electron chi connectivity index (χ0n) is 9.67. The Balaban J connectivity index is 2.62. The third-order valence-corrected chi connectivity index (χ3v) is 3.38. The second-order valence-electron chi connectivity index (χ2n) is 3.72. The lowest BCUT2D eigenvalue weighted by atomic mass is 10.1. The van der Waals surface area contributed by atoms with Crippen LogP contribution < -0.4 is 0 Å². The van der Waals surface area contributed by atoms with Gasteiger partial charge in [0.15, 0.2) is 0 Å². The molecule has 2 N–H and O–H groups in total. The van der Waals surface area contributed by atoms with Gasteiger partial charge in [-0.15, -0.1) is 0 Å². The van der Waals surface area contributed by atoms with E-state index < -0.39 is 5.97 Å². The summed E-state index contributed by atoms with van der Waals surface area (Å²) in [5.74, 6) is -0.130. The molecule has 0 saturated heterocycles. The van der Waals surface area contributed by atoms with Gasteiger partial charge in [0, 0.05) is 17.1 Å². The number of carboxylic acids is 1. The highest BCUT2D eigenvalue weighted by molar-refractivity contribution is 7.99. The van der Waals surface area contributed by atoms with Crippen LogP contribution in [0.2, 0.25) is 0 Å². The van der Waals surface area contributed by atoms with Gasteiger partial charge in [0.1, 0.15) is 0 Å². The Morgan fingerprint density at radius 1 is 1.53 bits per heavy atom. The molecule has 0 heterocycles. The highest BCUT2D eigenvalue weighted by Crippen LogP contribution is 2.18. The molecule has 1 atom stereocenters. The lowest BCUT2D eigenvalue weighted by molar-refractivity contribution is -0.131. The fourth-order valence-corrected chi connectivity index (χ4v) is 2.01. The minimum Gasteiger partial charge on any atom is -0.478 e. The van der Waals surface area contributed by atoms with Crippen LogP contribution in [0.3, 0.4) is 0 Å². The molecule has 0 spiro atoms. The van der Waals surface area contributed by atoms with Gasteiger partial charge in [0.25, 0.3) is 0 Å². The molecule has 0 fully saturated rings. The molecule has 1 aromatic carbocycles. The highest BCUT2D eigenvalue weighted by atomic mass is 32.2. The van der Waals surface area contributed by atoms with Crippen molar-refractivity contribution in [3.63, 3.8) is 0 Å². The van der Waals surface area contributed by atoms with Crippen LogP contribution in [0.15, 0.2) is 30.3 Å². The number of aliphatic carboxylic acids is 1. The Morgan fingerprint density at radius 2 is 2.29 bits per heavy atom. The number of hydrogen-bond acceptors (Lipinski definition) is 3. The average molecular weight is 252 g/mol. The van der Waals surface area contributed by atoms with Gasteiger partial charge < -0.3 is 10.2 Å². The van der Waals surface area contributed by atoms with Crippen molar-refractivity contribution in [2.75, 3.05) is 6.61 Å². The van der Waals surface area contributed by atoms with E-state index in [0.29, 0.717) is 0 Å². The summed E-state index contributed by atoms with van der Waals surface area (Å²) in [5.41, 5.74) is 2.00. The van der Waals surface area contributed by atoms with E-state index in [9.17, 15) is 4.79 Å². The molecule has 0 amide bonds. The first kappa shape index (κ1) is 13.8. The van der Waals surface area contributed by atoms with E-state index in [2.05, 4.69) is 0 Å². The second-order valence-corrected chi connectivity index (χ2v) is 5.15. The maximum atomic E-state index is 10.4. The fraction of sp³-hybridized carbons (Fsp3) is 0.308. The maximum absolute atomic E-state index is 10.4. The van der Waals surface area contributed by atoms with Crippen molar-refractivity contribution in [1.29, 1.82) is 0 Å². The first-order valence-corrected chi connectivity index (χ1v) is 6.39. The molecule has 1 unspecified atom stereocenters. The van der Waals surface area contributed by atoms with Gasteiger partial charge >= 0.3 is 5.97 Å². The van der Waals surface area contributed by atoms with Crippen molar-refractivity contribution in [3.8, 4) is 0 Å². The molecule has 4 heteroatoms. The van der Waals surface area contributed by atoms with Gasteiger partial charge in [-0.2, -0.15) is 11.8 Å². The molecule has 3 nitrogen and oxygen atoms in total. The third-order valence-electron chi connectivity index (χ3n) is 2.16. The minimum atomic E-state index is -0.946. The highest BCUT2D eigenvalue weighted by Gasteiger charge is 2.01. The molecule has 1 rings (SSSR count). The first-order chi connectivity index (χ1) is 8.11. The number of hydrogen-bond donors (Lipinski definition) is 2. The van der Waals surface area contributed by atoms with Crippen LogP contribution in [0.4, 0.5) is 0 Å². The molecule has 17 heavy (non-hydrogen) atoms. The Morgan fingerprint density at radius 3 is 2.94 bits per heavy atom. The predicted molar refractivity (Wildman–Crippen MR) is 71.0 cm³/mol. The Hall–Kier alpha value is -1.26. The van der Waals surface area contributed by atoms with Crippen LogP contribution in [-0.4, -0.2) is 28.0 Å². The van der Waals surface area contributed by atoms with E-state index in [1.54, 1.807) is 17.8 Å².